The first-order chi connectivity index (χ1) is 18.2. The van der Waals surface area contributed by atoms with Crippen molar-refractivity contribution >= 4 is 29.1 Å². The lowest BCUT2D eigenvalue weighted by Gasteiger charge is -2.39. The number of carbonyl (C=O) groups excluding carboxylic acids is 2. The molecule has 0 bridgehead atoms. The summed E-state index contributed by atoms with van der Waals surface area (Å²) < 4.78 is 44.4. The van der Waals surface area contributed by atoms with E-state index in [0.29, 0.717) is 29.2 Å². The van der Waals surface area contributed by atoms with Crippen LogP contribution >= 0.6 is 11.6 Å². The number of hydrogen-bond acceptors (Lipinski definition) is 4. The molecule has 2 amide bonds. The average molecular weight is 543 g/mol. The number of hydrogen-bond donors (Lipinski definition) is 1. The molecule has 1 aliphatic rings. The van der Waals surface area contributed by atoms with Gasteiger partial charge in [-0.25, -0.2) is 4.98 Å². The zero-order valence-electron chi connectivity index (χ0n) is 19.9. The number of pyridine rings is 1. The first-order valence-corrected chi connectivity index (χ1v) is 12.2. The molecule has 0 radical (unpaired) electrons. The Morgan fingerprint density at radius 2 is 1.82 bits per heavy atom. The van der Waals surface area contributed by atoms with E-state index in [1.807, 2.05) is 30.3 Å². The summed E-state index contributed by atoms with van der Waals surface area (Å²) in [7, 11) is 0. The van der Waals surface area contributed by atoms with Gasteiger partial charge in [-0.15, -0.1) is 13.2 Å². The normalized spacial score (nSPS) is 17.8. The number of piperidine rings is 1. The van der Waals surface area contributed by atoms with E-state index in [-0.39, 0.29) is 23.9 Å². The van der Waals surface area contributed by atoms with Crippen molar-refractivity contribution < 1.29 is 27.5 Å². The van der Waals surface area contributed by atoms with Gasteiger partial charge < -0.3 is 19.4 Å². The Kier molecular flexibility index (Phi) is 6.98. The van der Waals surface area contributed by atoms with Crippen molar-refractivity contribution in [2.75, 3.05) is 13.1 Å². The molecule has 1 aliphatic heterocycles. The number of halogens is 4. The molecule has 0 unspecified atom stereocenters. The lowest BCUT2D eigenvalue weighted by atomic mass is 9.85. The maximum absolute atomic E-state index is 13.4. The first-order valence-electron chi connectivity index (χ1n) is 11.8. The fourth-order valence-electron chi connectivity index (χ4n) is 4.75. The number of rotatable bonds is 5. The van der Waals surface area contributed by atoms with Gasteiger partial charge in [0.2, 0.25) is 0 Å². The van der Waals surface area contributed by atoms with Crippen molar-refractivity contribution in [3.05, 3.63) is 101 Å². The number of alkyl halides is 3. The minimum atomic E-state index is -4.93. The second-order valence-corrected chi connectivity index (χ2v) is 9.32. The zero-order chi connectivity index (χ0) is 26.9. The molecule has 0 spiro atoms. The van der Waals surface area contributed by atoms with Crippen LogP contribution in [0.25, 0.3) is 5.65 Å². The van der Waals surface area contributed by atoms with E-state index in [1.54, 1.807) is 34.0 Å². The molecule has 0 aliphatic carbocycles. The number of nitrogens with one attached hydrogen (secondary N) is 1. The summed E-state index contributed by atoms with van der Waals surface area (Å²) in [6, 6.07) is 15.7. The van der Waals surface area contributed by atoms with Gasteiger partial charge in [0.25, 0.3) is 11.8 Å². The maximum Gasteiger partial charge on any atom is 0.573 e. The average Bonchev–Trinajstić information content (AvgIpc) is 3.38. The number of amides is 2. The number of benzene rings is 2. The Morgan fingerprint density at radius 1 is 1.08 bits per heavy atom. The number of ether oxygens (including phenoxy) is 1. The molecule has 1 saturated heterocycles. The van der Waals surface area contributed by atoms with Crippen molar-refractivity contribution in [3.8, 4) is 5.75 Å². The molecule has 5 rings (SSSR count). The van der Waals surface area contributed by atoms with Crippen LogP contribution in [-0.4, -0.2) is 51.6 Å². The molecule has 196 valence electrons. The number of para-hydroxylation sites is 1. The Hall–Kier alpha value is -4.05. The Bertz CT molecular complexity index is 1480. The number of fused-ring (bicyclic) bond motifs is 1. The van der Waals surface area contributed by atoms with Crippen molar-refractivity contribution in [2.45, 2.75) is 24.7 Å². The van der Waals surface area contributed by atoms with Crippen LogP contribution in [0.4, 0.5) is 13.2 Å². The molecule has 0 saturated carbocycles. The van der Waals surface area contributed by atoms with Crippen molar-refractivity contribution in [1.29, 1.82) is 0 Å². The van der Waals surface area contributed by atoms with E-state index in [2.05, 4.69) is 15.0 Å². The minimum Gasteiger partial charge on any atom is -0.405 e. The lowest BCUT2D eigenvalue weighted by molar-refractivity contribution is -0.274. The molecule has 38 heavy (non-hydrogen) atoms. The Morgan fingerprint density at radius 3 is 2.58 bits per heavy atom. The second kappa shape index (κ2) is 10.4. The van der Waals surface area contributed by atoms with E-state index in [9.17, 15) is 22.8 Å². The van der Waals surface area contributed by atoms with Gasteiger partial charge in [0.15, 0.2) is 5.65 Å². The van der Waals surface area contributed by atoms with E-state index >= 15 is 0 Å². The van der Waals surface area contributed by atoms with Crippen LogP contribution in [-0.2, 0) is 0 Å². The molecule has 2 aromatic carbocycles. The van der Waals surface area contributed by atoms with Gasteiger partial charge in [-0.1, -0.05) is 54.1 Å². The lowest BCUT2D eigenvalue weighted by Crippen LogP contribution is -2.51. The molecule has 4 aromatic rings. The molecule has 3 heterocycles. The van der Waals surface area contributed by atoms with E-state index in [4.69, 9.17) is 11.6 Å². The summed E-state index contributed by atoms with van der Waals surface area (Å²) in [6.07, 6.45) is 0.414. The van der Waals surface area contributed by atoms with Crippen molar-refractivity contribution in [3.63, 3.8) is 0 Å². The van der Waals surface area contributed by atoms with Gasteiger partial charge in [0, 0.05) is 43.6 Å². The Balaban J connectivity index is 1.39. The van der Waals surface area contributed by atoms with Crippen LogP contribution in [0.3, 0.4) is 0 Å². The summed E-state index contributed by atoms with van der Waals surface area (Å²) in [6.45, 7) is 0.613. The highest BCUT2D eigenvalue weighted by Gasteiger charge is 2.36. The Labute approximate surface area is 220 Å². The van der Waals surface area contributed by atoms with Gasteiger partial charge >= 0.3 is 6.36 Å². The third-order valence-corrected chi connectivity index (χ3v) is 6.77. The van der Waals surface area contributed by atoms with Crippen LogP contribution < -0.4 is 10.1 Å². The summed E-state index contributed by atoms with van der Waals surface area (Å²) in [4.78, 5) is 32.4. The van der Waals surface area contributed by atoms with Gasteiger partial charge in [0.05, 0.1) is 16.1 Å². The number of likely N-dealkylation sites (tertiary alicyclic amines) is 1. The van der Waals surface area contributed by atoms with E-state index in [1.165, 1.54) is 18.2 Å². The number of carbonyl (C=O) groups is 2. The monoisotopic (exact) mass is 542 g/mol. The van der Waals surface area contributed by atoms with Crippen molar-refractivity contribution in [2.24, 2.45) is 0 Å². The molecular formula is C27H22ClF3N4O3. The summed E-state index contributed by atoms with van der Waals surface area (Å²) >= 11 is 6.32. The second-order valence-electron chi connectivity index (χ2n) is 8.92. The van der Waals surface area contributed by atoms with Crippen molar-refractivity contribution in [1.82, 2.24) is 19.6 Å². The van der Waals surface area contributed by atoms with Crippen LogP contribution in [0.1, 0.15) is 38.6 Å². The molecule has 11 heteroatoms. The SMILES string of the molecule is O=C(N[C@@H]1CCN(C(=O)c2cc(Cl)c3nccn3c2)C[C@@H]1c1ccccc1)c1ccccc1OC(F)(F)F. The molecule has 1 fully saturated rings. The van der Waals surface area contributed by atoms with Crippen LogP contribution in [0.5, 0.6) is 5.75 Å². The van der Waals surface area contributed by atoms with Gasteiger partial charge in [0.1, 0.15) is 5.75 Å². The highest BCUT2D eigenvalue weighted by atomic mass is 35.5. The third-order valence-electron chi connectivity index (χ3n) is 6.49. The van der Waals surface area contributed by atoms with Crippen LogP contribution in [0, 0.1) is 0 Å². The summed E-state index contributed by atoms with van der Waals surface area (Å²) in [5, 5.41) is 3.23. The fourth-order valence-corrected chi connectivity index (χ4v) is 5.02. The van der Waals surface area contributed by atoms with Gasteiger partial charge in [-0.3, -0.25) is 9.59 Å². The zero-order valence-corrected chi connectivity index (χ0v) is 20.6. The topological polar surface area (TPSA) is 75.9 Å². The maximum atomic E-state index is 13.4. The molecule has 1 N–H and O–H groups in total. The van der Waals surface area contributed by atoms with Gasteiger partial charge in [-0.2, -0.15) is 0 Å². The summed E-state index contributed by atoms with van der Waals surface area (Å²) in [5.41, 5.74) is 1.60. The highest BCUT2D eigenvalue weighted by Crippen LogP contribution is 2.31. The quantitative estimate of drug-likeness (QED) is 0.371. The van der Waals surface area contributed by atoms with Crippen LogP contribution in [0.15, 0.2) is 79.3 Å². The smallest absolute Gasteiger partial charge is 0.405 e. The molecule has 2 aromatic heterocycles. The number of aromatic nitrogens is 2. The van der Waals surface area contributed by atoms with Gasteiger partial charge in [-0.05, 0) is 30.2 Å². The largest absolute Gasteiger partial charge is 0.573 e. The first kappa shape index (κ1) is 25.6. The van der Waals surface area contributed by atoms with E-state index < -0.39 is 24.1 Å². The summed E-state index contributed by atoms with van der Waals surface area (Å²) in [5.74, 6) is -1.79. The predicted octanol–water partition coefficient (Wildman–Crippen LogP) is 5.31. The number of imidazole rings is 1. The highest BCUT2D eigenvalue weighted by molar-refractivity contribution is 6.33. The molecule has 2 atom stereocenters. The number of nitrogens with zero attached hydrogens (tertiary/aromatic N) is 3. The standard InChI is InChI=1S/C27H22ClF3N4O3/c28-21-14-18(15-34-13-11-32-24(21)34)26(37)35-12-10-22(20(16-35)17-6-2-1-3-7-17)33-25(36)19-8-4-5-9-23(19)38-27(29,30)31/h1-9,11,13-15,20,22H,10,12,16H2,(H,33,36)/t20-,22-/m1/s1. The predicted molar refractivity (Wildman–Crippen MR) is 134 cm³/mol. The third kappa shape index (κ3) is 5.45. The minimum absolute atomic E-state index is 0.224. The fraction of sp³-hybridized carbons (Fsp3) is 0.222. The van der Waals surface area contributed by atoms with Crippen LogP contribution in [0.2, 0.25) is 5.02 Å². The molecule has 7 nitrogen and oxygen atoms in total. The van der Waals surface area contributed by atoms with E-state index in [0.717, 1.165) is 11.6 Å². The molecular weight excluding hydrogens is 521 g/mol.